The second-order valence-electron chi connectivity index (χ2n) is 4.44. The Bertz CT molecular complexity index is 641. The van der Waals surface area contributed by atoms with E-state index in [9.17, 15) is 19.7 Å². The van der Waals surface area contributed by atoms with Crippen molar-refractivity contribution >= 4 is 23.3 Å². The Labute approximate surface area is 132 Å². The summed E-state index contributed by atoms with van der Waals surface area (Å²) in [5.74, 6) is -1.43. The van der Waals surface area contributed by atoms with Crippen molar-refractivity contribution in [3.05, 3.63) is 45.6 Å². The van der Waals surface area contributed by atoms with Gasteiger partial charge in [0.1, 0.15) is 5.70 Å². The molecule has 0 aromatic heterocycles. The lowest BCUT2D eigenvalue weighted by atomic mass is 10.1. The molecule has 0 bridgehead atoms. The maximum atomic E-state index is 12.0. The van der Waals surface area contributed by atoms with Gasteiger partial charge >= 0.3 is 5.97 Å². The third-order valence-corrected chi connectivity index (χ3v) is 2.81. The zero-order valence-electron chi connectivity index (χ0n) is 12.7. The fourth-order valence-corrected chi connectivity index (χ4v) is 1.60. The van der Waals surface area contributed by atoms with Gasteiger partial charge in [-0.15, -0.1) is 0 Å². The van der Waals surface area contributed by atoms with Crippen LogP contribution in [0, 0.1) is 17.0 Å². The number of hydrogen-bond acceptors (Lipinski definition) is 7. The quantitative estimate of drug-likeness (QED) is 0.288. The van der Waals surface area contributed by atoms with Crippen LogP contribution in [0.25, 0.3) is 0 Å². The molecule has 0 saturated carbocycles. The number of anilines is 1. The van der Waals surface area contributed by atoms with Crippen molar-refractivity contribution in [3.8, 4) is 0 Å². The molecule has 1 aromatic carbocycles. The molecule has 0 fully saturated rings. The molecule has 23 heavy (non-hydrogen) atoms. The van der Waals surface area contributed by atoms with Crippen molar-refractivity contribution < 1.29 is 24.4 Å². The van der Waals surface area contributed by atoms with Gasteiger partial charge < -0.3 is 20.5 Å². The monoisotopic (exact) mass is 323 g/mol. The van der Waals surface area contributed by atoms with Crippen molar-refractivity contribution in [1.29, 1.82) is 0 Å². The maximum absolute atomic E-state index is 12.0. The minimum atomic E-state index is -0.769. The van der Waals surface area contributed by atoms with Crippen LogP contribution < -0.4 is 10.6 Å². The first-order valence-corrected chi connectivity index (χ1v) is 6.59. The average molecular weight is 323 g/mol. The smallest absolute Gasteiger partial charge is 0.332 e. The highest BCUT2D eigenvalue weighted by Crippen LogP contribution is 2.23. The molecule has 0 aliphatic carbocycles. The van der Waals surface area contributed by atoms with E-state index >= 15 is 0 Å². The van der Waals surface area contributed by atoms with Crippen molar-refractivity contribution in [2.75, 3.05) is 25.6 Å². The van der Waals surface area contributed by atoms with E-state index in [2.05, 4.69) is 15.4 Å². The van der Waals surface area contributed by atoms with Crippen molar-refractivity contribution in [2.45, 2.75) is 6.92 Å². The number of nitrogens with zero attached hydrogens (tertiary/aromatic N) is 1. The number of hydrogen-bond donors (Lipinski definition) is 3. The van der Waals surface area contributed by atoms with Crippen LogP contribution in [0.4, 0.5) is 11.4 Å². The molecule has 3 N–H and O–H groups in total. The number of esters is 1. The Hall–Kier alpha value is -2.94. The Morgan fingerprint density at radius 1 is 1.43 bits per heavy atom. The van der Waals surface area contributed by atoms with Gasteiger partial charge in [0, 0.05) is 24.4 Å². The second-order valence-corrected chi connectivity index (χ2v) is 4.44. The number of non-ortho nitro benzene ring substituents is 1. The highest BCUT2D eigenvalue weighted by Gasteiger charge is 2.15. The van der Waals surface area contributed by atoms with Gasteiger partial charge in [-0.1, -0.05) is 6.07 Å². The van der Waals surface area contributed by atoms with E-state index in [4.69, 9.17) is 5.11 Å². The molecule has 1 aromatic rings. The average Bonchev–Trinajstić information content (AvgIpc) is 2.53. The number of nitro groups is 1. The van der Waals surface area contributed by atoms with Crippen molar-refractivity contribution in [1.82, 2.24) is 5.32 Å². The van der Waals surface area contributed by atoms with E-state index in [1.54, 1.807) is 6.92 Å². The summed E-state index contributed by atoms with van der Waals surface area (Å²) < 4.78 is 4.47. The van der Waals surface area contributed by atoms with E-state index in [1.165, 1.54) is 18.2 Å². The van der Waals surface area contributed by atoms with Crippen molar-refractivity contribution in [2.24, 2.45) is 0 Å². The summed E-state index contributed by atoms with van der Waals surface area (Å²) in [5.41, 5.74) is 0.620. The minimum Gasteiger partial charge on any atom is -0.466 e. The molecule has 9 heteroatoms. The number of benzene rings is 1. The fraction of sp³-hybridized carbons (Fsp3) is 0.286. The molecule has 0 radical (unpaired) electrons. The van der Waals surface area contributed by atoms with Gasteiger partial charge in [0.05, 0.1) is 24.7 Å². The minimum absolute atomic E-state index is 0.00700. The second kappa shape index (κ2) is 8.49. The largest absolute Gasteiger partial charge is 0.466 e. The van der Waals surface area contributed by atoms with Crippen LogP contribution in [0.2, 0.25) is 0 Å². The van der Waals surface area contributed by atoms with Crippen LogP contribution in [0.1, 0.15) is 5.56 Å². The van der Waals surface area contributed by atoms with Crippen LogP contribution in [-0.4, -0.2) is 42.2 Å². The molecule has 124 valence electrons. The lowest BCUT2D eigenvalue weighted by Crippen LogP contribution is -2.31. The third kappa shape index (κ3) is 5.40. The summed E-state index contributed by atoms with van der Waals surface area (Å²) in [5, 5.41) is 24.6. The molecule has 1 amide bonds. The Morgan fingerprint density at radius 3 is 2.70 bits per heavy atom. The van der Waals surface area contributed by atoms with E-state index in [0.717, 1.165) is 13.2 Å². The van der Waals surface area contributed by atoms with Crippen LogP contribution in [0.15, 0.2) is 30.0 Å². The summed E-state index contributed by atoms with van der Waals surface area (Å²) in [6, 6.07) is 4.09. The number of nitrogens with one attached hydrogen (secondary N) is 2. The number of amides is 1. The van der Waals surface area contributed by atoms with E-state index in [-0.39, 0.29) is 24.5 Å². The fourth-order valence-electron chi connectivity index (χ4n) is 1.60. The lowest BCUT2D eigenvalue weighted by Gasteiger charge is -2.13. The maximum Gasteiger partial charge on any atom is 0.332 e. The molecule has 9 nitrogen and oxygen atoms in total. The third-order valence-electron chi connectivity index (χ3n) is 2.81. The molecule has 0 unspecified atom stereocenters. The van der Waals surface area contributed by atoms with Crippen LogP contribution >= 0.6 is 0 Å². The topological polar surface area (TPSA) is 131 Å². The lowest BCUT2D eigenvalue weighted by molar-refractivity contribution is -0.384. The molecule has 0 heterocycles. The SMILES string of the molecule is COC(=O)/C=C(\Nc1cc([N+](=O)[O-])ccc1C)C(=O)NCCO. The van der Waals surface area contributed by atoms with Gasteiger partial charge in [-0.05, 0) is 12.5 Å². The first-order chi connectivity index (χ1) is 10.9. The molecular formula is C14H17N3O6. The molecule has 0 aliphatic rings. The number of nitro benzene ring substituents is 1. The highest BCUT2D eigenvalue weighted by atomic mass is 16.6. The summed E-state index contributed by atoms with van der Waals surface area (Å²) in [6.45, 7) is 1.41. The Balaban J connectivity index is 3.12. The van der Waals surface area contributed by atoms with Crippen LogP contribution in [-0.2, 0) is 14.3 Å². The number of aliphatic hydroxyl groups is 1. The summed E-state index contributed by atoms with van der Waals surface area (Å²) in [4.78, 5) is 33.6. The molecule has 0 saturated heterocycles. The zero-order chi connectivity index (χ0) is 17.4. The Kier molecular flexibility index (Phi) is 6.68. The van der Waals surface area contributed by atoms with E-state index in [1.807, 2.05) is 0 Å². The van der Waals surface area contributed by atoms with Gasteiger partial charge in [0.25, 0.3) is 11.6 Å². The molecular weight excluding hydrogens is 306 g/mol. The van der Waals surface area contributed by atoms with Crippen LogP contribution in [0.3, 0.4) is 0 Å². The van der Waals surface area contributed by atoms with Gasteiger partial charge in [0.15, 0.2) is 0 Å². The number of aliphatic hydroxyl groups excluding tert-OH is 1. The van der Waals surface area contributed by atoms with Gasteiger partial charge in [-0.25, -0.2) is 4.79 Å². The first-order valence-electron chi connectivity index (χ1n) is 6.59. The number of ether oxygens (including phenoxy) is 1. The molecule has 0 spiro atoms. The number of rotatable bonds is 7. The zero-order valence-corrected chi connectivity index (χ0v) is 12.7. The van der Waals surface area contributed by atoms with E-state index < -0.39 is 16.8 Å². The standard InChI is InChI=1S/C14H17N3O6/c1-9-3-4-10(17(21)22)7-11(9)16-12(8-13(19)23-2)14(20)15-5-6-18/h3-4,7-8,16,18H,5-6H2,1-2H3,(H,15,20)/b12-8-. The molecule has 0 aliphatic heterocycles. The van der Waals surface area contributed by atoms with Crippen LogP contribution in [0.5, 0.6) is 0 Å². The predicted molar refractivity (Wildman–Crippen MR) is 81.7 cm³/mol. The number of methoxy groups -OCH3 is 1. The number of carbonyl (C=O) groups is 2. The Morgan fingerprint density at radius 2 is 2.13 bits per heavy atom. The van der Waals surface area contributed by atoms with Gasteiger partial charge in [-0.2, -0.15) is 0 Å². The first kappa shape index (κ1) is 18.1. The van der Waals surface area contributed by atoms with Gasteiger partial charge in [0.2, 0.25) is 0 Å². The summed E-state index contributed by atoms with van der Waals surface area (Å²) in [6.07, 6.45) is 0.922. The van der Waals surface area contributed by atoms with Gasteiger partial charge in [-0.3, -0.25) is 14.9 Å². The highest BCUT2D eigenvalue weighted by molar-refractivity contribution is 6.01. The number of carbonyl (C=O) groups excluding carboxylic acids is 2. The van der Waals surface area contributed by atoms with E-state index in [0.29, 0.717) is 11.3 Å². The molecule has 1 rings (SSSR count). The summed E-state index contributed by atoms with van der Waals surface area (Å²) in [7, 11) is 1.15. The number of aryl methyl sites for hydroxylation is 1. The normalized spacial score (nSPS) is 10.8. The van der Waals surface area contributed by atoms with Crippen molar-refractivity contribution in [3.63, 3.8) is 0 Å². The predicted octanol–water partition coefficient (Wildman–Crippen LogP) is 0.481. The summed E-state index contributed by atoms with van der Waals surface area (Å²) >= 11 is 0. The molecule has 0 atom stereocenters.